The van der Waals surface area contributed by atoms with Crippen molar-refractivity contribution in [3.8, 4) is 17.2 Å². The number of aromatic hydroxyl groups is 2. The first-order valence-electron chi connectivity index (χ1n) is 22.9. The fraction of sp³-hybridized carbons (Fsp3) is 0.640. The van der Waals surface area contributed by atoms with E-state index in [4.69, 9.17) is 24.6 Å². The molecule has 62 heavy (non-hydrogen) atoms. The molecule has 7 rings (SSSR count). The van der Waals surface area contributed by atoms with E-state index in [1.54, 1.807) is 34.0 Å². The molecule has 346 valence electrons. The Morgan fingerprint density at radius 2 is 1.55 bits per heavy atom. The molecule has 0 radical (unpaired) electrons. The van der Waals surface area contributed by atoms with Gasteiger partial charge in [-0.3, -0.25) is 19.6 Å². The van der Waals surface area contributed by atoms with Crippen LogP contribution in [0.1, 0.15) is 131 Å². The zero-order chi connectivity index (χ0) is 46.9. The standard InChI is InChI=1S/C45H62N4O7.2C2H6.CH4O/c1-24(2)23-49-20-18-45(19-21-49)47-34-31-32-38(51)30(8)41-33(31)42(53)44(9,56-41)17-12-11-15-26(4)40(55-10)29(7)37(50)28(6)22-25(3)14-13-16-27(5)43(54)46-36(39(32)52)35(34)48-45;3*1-2/h11-14,16,24-26,28-29,37,40,50-52H,15,17-23H2,1-10H3,(H,46,54);2*1-2H3;2H,1H3/b12-11+,14-13+,27-16-;;;/t25-,26+,28+,29+,37+,40+,44+;;;/m0.../s1. The van der Waals surface area contributed by atoms with E-state index >= 15 is 0 Å². The van der Waals surface area contributed by atoms with Crippen molar-refractivity contribution in [2.24, 2.45) is 39.6 Å². The predicted molar refractivity (Wildman–Crippen MR) is 250 cm³/mol. The number of aliphatic hydroxyl groups excluding tert-OH is 2. The number of likely N-dealkylation sites (tertiary alicyclic amines) is 1. The molecule has 0 saturated carbocycles. The number of rotatable bonds is 3. The van der Waals surface area contributed by atoms with E-state index in [-0.39, 0.29) is 81.3 Å². The maximum atomic E-state index is 14.7. The van der Waals surface area contributed by atoms with Gasteiger partial charge in [-0.25, -0.2) is 0 Å². The highest BCUT2D eigenvalue weighted by molar-refractivity contribution is 6.20. The molecule has 5 heterocycles. The van der Waals surface area contributed by atoms with Gasteiger partial charge in [0.2, 0.25) is 5.78 Å². The summed E-state index contributed by atoms with van der Waals surface area (Å²) in [6.07, 6.45) is 11.7. The molecule has 1 saturated heterocycles. The van der Waals surface area contributed by atoms with Gasteiger partial charge >= 0.3 is 0 Å². The summed E-state index contributed by atoms with van der Waals surface area (Å²) in [6.45, 7) is 28.3. The number of methoxy groups -OCH3 is 1. The van der Waals surface area contributed by atoms with Crippen LogP contribution in [0.15, 0.2) is 45.9 Å². The number of ketones is 1. The number of carbonyl (C=O) groups excluding carboxylic acids is 2. The summed E-state index contributed by atoms with van der Waals surface area (Å²) >= 11 is 0. The van der Waals surface area contributed by atoms with Gasteiger partial charge in [-0.1, -0.05) is 99.6 Å². The average Bonchev–Trinajstić information content (AvgIpc) is 3.75. The molecule has 0 unspecified atom stereocenters. The molecule has 0 aromatic heterocycles. The molecule has 0 aliphatic carbocycles. The molecule has 12 nitrogen and oxygen atoms in total. The van der Waals surface area contributed by atoms with Crippen molar-refractivity contribution in [1.82, 2.24) is 4.90 Å². The van der Waals surface area contributed by atoms with Crippen molar-refractivity contribution in [1.29, 1.82) is 0 Å². The summed E-state index contributed by atoms with van der Waals surface area (Å²) in [4.78, 5) is 41.3. The van der Waals surface area contributed by atoms with Crippen molar-refractivity contribution in [3.63, 3.8) is 0 Å². The van der Waals surface area contributed by atoms with Crippen molar-refractivity contribution < 1.29 is 39.5 Å². The maximum absolute atomic E-state index is 14.7. The number of piperidine rings is 1. The van der Waals surface area contributed by atoms with E-state index in [9.17, 15) is 24.9 Å². The molecule has 2 aromatic carbocycles. The number of hydrogen-bond donors (Lipinski definition) is 5. The Balaban J connectivity index is 0.00000163. The summed E-state index contributed by atoms with van der Waals surface area (Å²) in [5.41, 5.74) is -1.15. The third-order valence-corrected chi connectivity index (χ3v) is 12.6. The summed E-state index contributed by atoms with van der Waals surface area (Å²) in [5.74, 6) is -0.512. The molecule has 5 N–H and O–H groups in total. The maximum Gasteiger partial charge on any atom is 0.251 e. The number of ether oxygens (including phenoxy) is 2. The lowest BCUT2D eigenvalue weighted by atomic mass is 9.80. The van der Waals surface area contributed by atoms with E-state index in [0.29, 0.717) is 47.0 Å². The van der Waals surface area contributed by atoms with Gasteiger partial charge in [-0.15, -0.1) is 0 Å². The number of benzene rings is 2. The molecule has 1 fully saturated rings. The summed E-state index contributed by atoms with van der Waals surface area (Å²) in [5, 5.41) is 46.2. The summed E-state index contributed by atoms with van der Waals surface area (Å²) in [7, 11) is 2.68. The fourth-order valence-corrected chi connectivity index (χ4v) is 9.32. The highest BCUT2D eigenvalue weighted by atomic mass is 16.5. The molecule has 1 spiro atoms. The number of phenols is 2. The molecular formula is C50H78N4O8. The second-order valence-electron chi connectivity index (χ2n) is 17.7. The van der Waals surface area contributed by atoms with Gasteiger partial charge in [0, 0.05) is 75.6 Å². The van der Waals surface area contributed by atoms with Crippen LogP contribution in [0.5, 0.6) is 17.2 Å². The van der Waals surface area contributed by atoms with Crippen molar-refractivity contribution in [2.75, 3.05) is 39.2 Å². The van der Waals surface area contributed by atoms with Crippen LogP contribution in [-0.4, -0.2) is 94.3 Å². The molecule has 1 amide bonds. The second-order valence-corrected chi connectivity index (χ2v) is 17.7. The minimum Gasteiger partial charge on any atom is -0.507 e. The molecule has 5 aliphatic rings. The number of nitrogens with zero attached hydrogens (tertiary/aromatic N) is 3. The van der Waals surface area contributed by atoms with E-state index < -0.39 is 23.3 Å². The highest BCUT2D eigenvalue weighted by Gasteiger charge is 2.48. The minimum atomic E-state index is -1.29. The van der Waals surface area contributed by atoms with Gasteiger partial charge < -0.3 is 40.1 Å². The van der Waals surface area contributed by atoms with E-state index in [2.05, 4.69) is 44.8 Å². The zero-order valence-corrected chi connectivity index (χ0v) is 40.3. The zero-order valence-electron chi connectivity index (χ0n) is 40.3. The third-order valence-electron chi connectivity index (χ3n) is 12.6. The van der Waals surface area contributed by atoms with Crippen LogP contribution in [0.2, 0.25) is 0 Å². The van der Waals surface area contributed by atoms with Gasteiger partial charge in [0.1, 0.15) is 22.5 Å². The van der Waals surface area contributed by atoms with Crippen molar-refractivity contribution >= 4 is 28.2 Å². The van der Waals surface area contributed by atoms with E-state index in [1.807, 2.05) is 58.9 Å². The molecule has 5 aliphatic heterocycles. The van der Waals surface area contributed by atoms with Crippen LogP contribution in [0.4, 0.5) is 5.69 Å². The minimum absolute atomic E-state index is 0.00423. The van der Waals surface area contributed by atoms with Gasteiger partial charge in [-0.2, -0.15) is 0 Å². The van der Waals surface area contributed by atoms with Crippen molar-refractivity contribution in [2.45, 2.75) is 146 Å². The first kappa shape index (κ1) is 52.2. The van der Waals surface area contributed by atoms with E-state index in [0.717, 1.165) is 33.2 Å². The Hall–Kier alpha value is -4.10. The normalized spacial score (nSPS) is 29.3. The Labute approximate surface area is 370 Å². The number of carbonyl (C=O) groups is 2. The molecule has 5 bridgehead atoms. The number of hydrogen-bond acceptors (Lipinski definition) is 11. The van der Waals surface area contributed by atoms with Gasteiger partial charge in [0.05, 0.1) is 28.5 Å². The monoisotopic (exact) mass is 863 g/mol. The molecule has 2 aromatic rings. The van der Waals surface area contributed by atoms with Crippen LogP contribution >= 0.6 is 0 Å². The second kappa shape index (κ2) is 22.5. The van der Waals surface area contributed by atoms with E-state index in [1.165, 1.54) is 0 Å². The lowest BCUT2D eigenvalue weighted by Crippen LogP contribution is -2.43. The van der Waals surface area contributed by atoms with Crippen LogP contribution in [0, 0.1) is 36.5 Å². The van der Waals surface area contributed by atoms with Crippen LogP contribution in [0.3, 0.4) is 0 Å². The number of allylic oxidation sites excluding steroid dienone is 4. The Bertz CT molecular complexity index is 2100. The van der Waals surface area contributed by atoms with Crippen LogP contribution in [0.25, 0.3) is 10.8 Å². The number of nitrogens with one attached hydrogen (secondary N) is 1. The third kappa shape index (κ3) is 10.8. The summed E-state index contributed by atoms with van der Waals surface area (Å²) < 4.78 is 12.5. The number of Topliss-reactive ketones (excluding diaryl/α,β-unsaturated/α-hetero) is 1. The van der Waals surface area contributed by atoms with Gasteiger partial charge in [0.15, 0.2) is 17.0 Å². The smallest absolute Gasteiger partial charge is 0.251 e. The highest BCUT2D eigenvalue weighted by Crippen LogP contribution is 2.50. The van der Waals surface area contributed by atoms with Crippen molar-refractivity contribution in [3.05, 3.63) is 57.8 Å². The Morgan fingerprint density at radius 3 is 2.15 bits per heavy atom. The average molecular weight is 863 g/mol. The summed E-state index contributed by atoms with van der Waals surface area (Å²) in [6, 6.07) is 0. The molecule has 7 atom stereocenters. The van der Waals surface area contributed by atoms with Crippen LogP contribution < -0.4 is 20.8 Å². The Kier molecular flexibility index (Phi) is 19.0. The largest absolute Gasteiger partial charge is 0.507 e. The number of phenolic OH excluding ortho intramolecular Hbond substituents is 2. The lowest BCUT2D eigenvalue weighted by Gasteiger charge is -2.36. The SMILES string of the molecule is CC.CC.CO.CO[C@H]1[C@H](C)[C@H](O)[C@H](C)C[C@@H](C)/C=C/C=C(/C)C(=O)Nc2c(O)c3c(O)c(C)c4c(c3c3c2=NC2(CCN(CC(C)C)CC2)N=3)C(=O)[C@@](C)(C/C=C/C[C@H]1C)O4. The molecular weight excluding hydrogens is 785 g/mol. The predicted octanol–water partition coefficient (Wildman–Crippen LogP) is 8.36. The number of anilines is 1. The lowest BCUT2D eigenvalue weighted by molar-refractivity contribution is -0.112. The quantitative estimate of drug-likeness (QED) is 0.150. The number of aliphatic hydroxyl groups is 2. The van der Waals surface area contributed by atoms with Crippen LogP contribution in [-0.2, 0) is 9.53 Å². The molecule has 12 heteroatoms. The topological polar surface area (TPSA) is 174 Å². The first-order chi connectivity index (χ1) is 29.4. The number of amides is 1. The number of fused-ring (bicyclic) bond motifs is 13. The Morgan fingerprint density at radius 1 is 0.935 bits per heavy atom. The van der Waals surface area contributed by atoms with Gasteiger partial charge in [-0.05, 0) is 57.3 Å². The fourth-order valence-electron chi connectivity index (χ4n) is 9.32. The first-order valence-corrected chi connectivity index (χ1v) is 22.9. The van der Waals surface area contributed by atoms with Gasteiger partial charge in [0.25, 0.3) is 5.91 Å².